The number of carbonyl (C=O) groups excluding carboxylic acids is 4. The van der Waals surface area contributed by atoms with Crippen LogP contribution in [0.3, 0.4) is 0 Å². The summed E-state index contributed by atoms with van der Waals surface area (Å²) < 4.78 is 4.75. The molecule has 0 aliphatic carbocycles. The van der Waals surface area contributed by atoms with Crippen LogP contribution < -0.4 is 27.0 Å². The first-order chi connectivity index (χ1) is 21.4. The van der Waals surface area contributed by atoms with Crippen molar-refractivity contribution < 1.29 is 19.2 Å². The summed E-state index contributed by atoms with van der Waals surface area (Å²) >= 11 is 5.09. The van der Waals surface area contributed by atoms with Gasteiger partial charge < -0.3 is 40.7 Å². The molecule has 3 aromatic heterocycles. The first-order valence-corrected chi connectivity index (χ1v) is 15.9. The lowest BCUT2D eigenvalue weighted by molar-refractivity contribution is 0.0944. The number of hydrogen-bond donors (Lipinski definition) is 6. The molecule has 1 aromatic carbocycles. The fourth-order valence-electron chi connectivity index (χ4n) is 4.43. The van der Waals surface area contributed by atoms with Crippen molar-refractivity contribution in [1.29, 1.82) is 5.41 Å². The zero-order valence-corrected chi connectivity index (χ0v) is 27.3. The van der Waals surface area contributed by atoms with Crippen LogP contribution in [-0.4, -0.2) is 60.8 Å². The Morgan fingerprint density at radius 1 is 0.756 bits per heavy atom. The van der Waals surface area contributed by atoms with E-state index in [1.807, 2.05) is 12.1 Å². The molecule has 0 aliphatic rings. The van der Waals surface area contributed by atoms with Crippen molar-refractivity contribution in [2.75, 3.05) is 33.6 Å². The van der Waals surface area contributed by atoms with Gasteiger partial charge in [0.15, 0.2) is 0 Å². The molecule has 0 saturated carbocycles. The second-order valence-electron chi connectivity index (χ2n) is 10.1. The Morgan fingerprint density at radius 3 is 1.64 bits per heavy atom. The molecule has 0 fully saturated rings. The number of aryl methyl sites for hydroxylation is 3. The van der Waals surface area contributed by atoms with Gasteiger partial charge in [-0.05, 0) is 42.5 Å². The molecule has 236 valence electrons. The van der Waals surface area contributed by atoms with Crippen LogP contribution >= 0.6 is 27.7 Å². The molecule has 45 heavy (non-hydrogen) atoms. The third kappa shape index (κ3) is 8.67. The minimum Gasteiger partial charge on any atom is -0.388 e. The summed E-state index contributed by atoms with van der Waals surface area (Å²) in [7, 11) is 5.05. The largest absolute Gasteiger partial charge is 0.388 e. The molecule has 0 atom stereocenters. The van der Waals surface area contributed by atoms with Gasteiger partial charge in [0, 0.05) is 74.2 Å². The van der Waals surface area contributed by atoms with Crippen LogP contribution in [0.25, 0.3) is 0 Å². The van der Waals surface area contributed by atoms with Crippen molar-refractivity contribution in [3.63, 3.8) is 0 Å². The molecule has 0 aliphatic heterocycles. The van der Waals surface area contributed by atoms with E-state index in [9.17, 15) is 19.2 Å². The zero-order chi connectivity index (χ0) is 32.7. The molecule has 3 heterocycles. The molecule has 0 unspecified atom stereocenters. The third-order valence-electron chi connectivity index (χ3n) is 6.63. The van der Waals surface area contributed by atoms with Gasteiger partial charge in [0.25, 0.3) is 23.6 Å². The molecule has 13 nitrogen and oxygen atoms in total. The van der Waals surface area contributed by atoms with Gasteiger partial charge in [0.05, 0.1) is 22.9 Å². The number of rotatable bonds is 13. The number of nitrogens with zero attached hydrogens (tertiary/aromatic N) is 3. The Bertz CT molecular complexity index is 1740. The molecule has 0 radical (unpaired) electrons. The van der Waals surface area contributed by atoms with E-state index in [1.165, 1.54) is 6.07 Å². The van der Waals surface area contributed by atoms with Gasteiger partial charge in [-0.3, -0.25) is 24.6 Å². The van der Waals surface area contributed by atoms with Gasteiger partial charge >= 0.3 is 0 Å². The predicted octanol–water partition coefficient (Wildman–Crippen LogP) is 4.00. The number of amidine groups is 1. The second kappa shape index (κ2) is 14.8. The minimum atomic E-state index is -0.439. The summed E-state index contributed by atoms with van der Waals surface area (Å²) in [5, 5.41) is 19.2. The number of benzene rings is 1. The minimum absolute atomic E-state index is 0.0247. The van der Waals surface area contributed by atoms with Gasteiger partial charge in [-0.25, -0.2) is 0 Å². The Kier molecular flexibility index (Phi) is 10.9. The summed E-state index contributed by atoms with van der Waals surface area (Å²) in [5.41, 5.74) is 8.01. The molecule has 0 spiro atoms. The fourth-order valence-corrected chi connectivity index (χ4v) is 5.56. The third-order valence-corrected chi connectivity index (χ3v) is 8.56. The number of alkyl halides is 1. The van der Waals surface area contributed by atoms with E-state index in [2.05, 4.69) is 37.2 Å². The van der Waals surface area contributed by atoms with Crippen molar-refractivity contribution in [2.24, 2.45) is 26.9 Å². The highest BCUT2D eigenvalue weighted by Crippen LogP contribution is 2.22. The van der Waals surface area contributed by atoms with Crippen molar-refractivity contribution in [3.05, 3.63) is 83.7 Å². The number of nitrogens with two attached hydrogens (primary N) is 1. The quantitative estimate of drug-likeness (QED) is 0.0532. The predicted molar refractivity (Wildman–Crippen MR) is 180 cm³/mol. The molecular weight excluding hydrogens is 662 g/mol. The summed E-state index contributed by atoms with van der Waals surface area (Å²) in [6.07, 6.45) is 5.10. The van der Waals surface area contributed by atoms with Gasteiger partial charge in [-0.2, -0.15) is 0 Å². The maximum absolute atomic E-state index is 13.1. The van der Waals surface area contributed by atoms with Crippen LogP contribution in [0.2, 0.25) is 0 Å². The normalized spacial score (nSPS) is 10.8. The number of anilines is 3. The van der Waals surface area contributed by atoms with E-state index < -0.39 is 11.8 Å². The molecule has 15 heteroatoms. The highest BCUT2D eigenvalue weighted by atomic mass is 79.9. The molecular formula is C30H34BrN9O4S. The zero-order valence-electron chi connectivity index (χ0n) is 24.9. The van der Waals surface area contributed by atoms with Crippen LogP contribution in [-0.2, 0) is 21.1 Å². The fraction of sp³-hybridized carbons (Fsp3) is 0.233. The highest BCUT2D eigenvalue weighted by Gasteiger charge is 2.19. The van der Waals surface area contributed by atoms with Crippen molar-refractivity contribution in [3.8, 4) is 0 Å². The molecule has 4 amide bonds. The van der Waals surface area contributed by atoms with Crippen molar-refractivity contribution in [1.82, 2.24) is 19.0 Å². The van der Waals surface area contributed by atoms with Gasteiger partial charge in [-0.15, -0.1) is 11.8 Å². The Balaban J connectivity index is 1.36. The Morgan fingerprint density at radius 2 is 1.20 bits per heavy atom. The summed E-state index contributed by atoms with van der Waals surface area (Å²) in [6.45, 7) is 0.226. The summed E-state index contributed by atoms with van der Waals surface area (Å²) in [6, 6.07) is 12.0. The van der Waals surface area contributed by atoms with Crippen molar-refractivity contribution >= 4 is 74.2 Å². The summed E-state index contributed by atoms with van der Waals surface area (Å²) in [4.78, 5) is 52.4. The molecule has 0 bridgehead atoms. The number of halogens is 1. The molecule has 4 aromatic rings. The number of hydrogen-bond acceptors (Lipinski definition) is 6. The smallest absolute Gasteiger partial charge is 0.272 e. The molecule has 4 rings (SSSR count). The van der Waals surface area contributed by atoms with E-state index >= 15 is 0 Å². The molecule has 0 saturated heterocycles. The van der Waals surface area contributed by atoms with Crippen molar-refractivity contribution in [2.45, 2.75) is 11.3 Å². The topological polar surface area (TPSA) is 181 Å². The Labute approximate surface area is 272 Å². The Hall–Kier alpha value is -4.76. The van der Waals surface area contributed by atoms with Crippen LogP contribution in [0.4, 0.5) is 17.1 Å². The monoisotopic (exact) mass is 695 g/mol. The van der Waals surface area contributed by atoms with Crippen LogP contribution in [0.15, 0.2) is 66.0 Å². The number of thioether (sulfide) groups is 1. The molecule has 7 N–H and O–H groups in total. The van der Waals surface area contributed by atoms with Gasteiger partial charge in [0.1, 0.15) is 17.1 Å². The second-order valence-corrected chi connectivity index (χ2v) is 12.1. The number of amides is 4. The van der Waals surface area contributed by atoms with Crippen LogP contribution in [0.5, 0.6) is 0 Å². The maximum atomic E-state index is 13.1. The van der Waals surface area contributed by atoms with Crippen LogP contribution in [0.1, 0.15) is 48.2 Å². The number of nitrogens with one attached hydrogen (secondary N) is 5. The van der Waals surface area contributed by atoms with E-state index in [0.29, 0.717) is 34.0 Å². The van der Waals surface area contributed by atoms with E-state index in [0.717, 1.165) is 16.0 Å². The van der Waals surface area contributed by atoms with E-state index in [-0.39, 0.29) is 36.3 Å². The first-order valence-electron chi connectivity index (χ1n) is 13.8. The lowest BCUT2D eigenvalue weighted by atomic mass is 10.2. The van der Waals surface area contributed by atoms with Gasteiger partial charge in [0.2, 0.25) is 0 Å². The lowest BCUT2D eigenvalue weighted by Gasteiger charge is -2.04. The maximum Gasteiger partial charge on any atom is 0.272 e. The SMILES string of the molecule is Cn1cc(NC(=O)c2cc(NC(=O)c3cc(NC(=O)c4ccc(SCCBr)cc4)cn3C)cn2C)cc1C(=O)NCCC(=N)N. The standard InChI is InChI=1S/C30H34BrN9O4S/c1-38-16-20(12-23(38)28(42)34-10-8-26(32)33)36-30(44)25-14-21(17-40(25)3)37-29(43)24-13-19(15-39(24)2)35-27(41)18-4-6-22(7-5-18)45-11-9-31/h4-7,12-17H,8-11H2,1-3H3,(H3,32,33)(H,34,42)(H,35,41)(H,36,44)(H,37,43). The lowest BCUT2D eigenvalue weighted by Crippen LogP contribution is -2.28. The van der Waals surface area contributed by atoms with Gasteiger partial charge in [-0.1, -0.05) is 15.9 Å². The number of carbonyl (C=O) groups is 4. The van der Waals surface area contributed by atoms with E-state index in [4.69, 9.17) is 11.1 Å². The van der Waals surface area contributed by atoms with E-state index in [1.54, 1.807) is 89.5 Å². The first kappa shape index (κ1) is 33.1. The summed E-state index contributed by atoms with van der Waals surface area (Å²) in [5.74, 6) is -0.608. The van der Waals surface area contributed by atoms with Crippen LogP contribution in [0, 0.1) is 5.41 Å². The average Bonchev–Trinajstić information content (AvgIpc) is 3.67. The highest BCUT2D eigenvalue weighted by molar-refractivity contribution is 9.09. The number of aromatic nitrogens is 3. The average molecular weight is 697 g/mol.